The van der Waals surface area contributed by atoms with Crippen LogP contribution in [0.2, 0.25) is 0 Å². The molecule has 7 heteroatoms. The predicted molar refractivity (Wildman–Crippen MR) is 105 cm³/mol. The maximum absolute atomic E-state index is 8.93. The highest BCUT2D eigenvalue weighted by atomic mass is 79.9. The Kier molecular flexibility index (Phi) is 4.52. The highest BCUT2D eigenvalue weighted by molar-refractivity contribution is 9.10. The summed E-state index contributed by atoms with van der Waals surface area (Å²) in [5.41, 5.74) is 5.57. The highest BCUT2D eigenvalue weighted by Gasteiger charge is 2.09. The number of benzene rings is 2. The van der Waals surface area contributed by atoms with Crippen molar-refractivity contribution in [2.24, 2.45) is 0 Å². The van der Waals surface area contributed by atoms with Gasteiger partial charge in [-0.3, -0.25) is 4.98 Å². The van der Waals surface area contributed by atoms with Gasteiger partial charge in [-0.2, -0.15) is 0 Å². The Morgan fingerprint density at radius 3 is 2.92 bits per heavy atom. The van der Waals surface area contributed by atoms with Crippen LogP contribution in [0.3, 0.4) is 0 Å². The molecule has 4 rings (SSSR count). The van der Waals surface area contributed by atoms with Gasteiger partial charge < -0.3 is 15.2 Å². The van der Waals surface area contributed by atoms with Gasteiger partial charge in [-0.1, -0.05) is 0 Å². The number of pyridine rings is 1. The van der Waals surface area contributed by atoms with E-state index in [-0.39, 0.29) is 13.2 Å². The number of aromatic nitrogens is 2. The summed E-state index contributed by atoms with van der Waals surface area (Å²) in [5.74, 6) is 0.662. The molecule has 0 spiro atoms. The third-order valence-corrected chi connectivity index (χ3v) is 5.18. The molecule has 4 aromatic rings. The number of aliphatic hydroxyl groups is 1. The average Bonchev–Trinajstić information content (AvgIpc) is 3.08. The molecule has 0 saturated carbocycles. The van der Waals surface area contributed by atoms with Gasteiger partial charge in [0.1, 0.15) is 12.4 Å². The van der Waals surface area contributed by atoms with Crippen LogP contribution in [-0.2, 0) is 0 Å². The van der Waals surface area contributed by atoms with Crippen LogP contribution in [0, 0.1) is 0 Å². The fourth-order valence-corrected chi connectivity index (χ4v) is 3.73. The van der Waals surface area contributed by atoms with Crippen LogP contribution in [0.15, 0.2) is 52.6 Å². The van der Waals surface area contributed by atoms with E-state index >= 15 is 0 Å². The standard InChI is InChI=1S/C18H14BrN3O2S/c19-13-8-12-14(3-4-20-15(12)9-17(13)24-6-5-23)22-11-1-2-18-16(7-11)21-10-25-18/h1-4,7-10,23H,5-6H2,(H,20,22). The topological polar surface area (TPSA) is 67.3 Å². The lowest BCUT2D eigenvalue weighted by atomic mass is 10.1. The molecule has 0 aliphatic carbocycles. The fourth-order valence-electron chi connectivity index (χ4n) is 2.61. The summed E-state index contributed by atoms with van der Waals surface area (Å²) in [6.45, 7) is 0.217. The van der Waals surface area contributed by atoms with E-state index in [0.717, 1.165) is 32.3 Å². The van der Waals surface area contributed by atoms with E-state index in [4.69, 9.17) is 9.84 Å². The molecule has 0 fully saturated rings. The van der Waals surface area contributed by atoms with Crippen LogP contribution in [0.4, 0.5) is 11.4 Å². The number of hydrogen-bond donors (Lipinski definition) is 2. The molecule has 0 atom stereocenters. The van der Waals surface area contributed by atoms with E-state index in [1.807, 2.05) is 35.8 Å². The number of fused-ring (bicyclic) bond motifs is 2. The molecule has 5 nitrogen and oxygen atoms in total. The molecule has 2 N–H and O–H groups in total. The molecule has 0 radical (unpaired) electrons. The number of nitrogens with zero attached hydrogens (tertiary/aromatic N) is 2. The minimum absolute atomic E-state index is 0.0292. The van der Waals surface area contributed by atoms with Crippen molar-refractivity contribution in [3.8, 4) is 5.75 Å². The molecule has 2 heterocycles. The van der Waals surface area contributed by atoms with E-state index in [2.05, 4.69) is 37.3 Å². The van der Waals surface area contributed by atoms with Crippen molar-refractivity contribution in [1.82, 2.24) is 9.97 Å². The quantitative estimate of drug-likeness (QED) is 0.493. The average molecular weight is 416 g/mol. The van der Waals surface area contributed by atoms with E-state index in [1.54, 1.807) is 17.5 Å². The summed E-state index contributed by atoms with van der Waals surface area (Å²) in [7, 11) is 0. The molecule has 0 saturated heterocycles. The molecule has 0 amide bonds. The second-order valence-electron chi connectivity index (χ2n) is 5.39. The minimum Gasteiger partial charge on any atom is -0.490 e. The summed E-state index contributed by atoms with van der Waals surface area (Å²) in [6, 6.07) is 11.9. The first-order valence-electron chi connectivity index (χ1n) is 7.67. The number of nitrogens with one attached hydrogen (secondary N) is 1. The Morgan fingerprint density at radius 1 is 1.12 bits per heavy atom. The van der Waals surface area contributed by atoms with Crippen LogP contribution >= 0.6 is 27.3 Å². The van der Waals surface area contributed by atoms with Gasteiger partial charge in [0.2, 0.25) is 0 Å². The first-order valence-corrected chi connectivity index (χ1v) is 9.34. The number of anilines is 2. The van der Waals surface area contributed by atoms with Crippen molar-refractivity contribution in [2.75, 3.05) is 18.5 Å². The Hall–Kier alpha value is -2.22. The van der Waals surface area contributed by atoms with Crippen LogP contribution in [0.1, 0.15) is 0 Å². The minimum atomic E-state index is -0.0292. The third kappa shape index (κ3) is 3.30. The lowest BCUT2D eigenvalue weighted by Crippen LogP contribution is -2.02. The van der Waals surface area contributed by atoms with Crippen molar-refractivity contribution < 1.29 is 9.84 Å². The van der Waals surface area contributed by atoms with Crippen molar-refractivity contribution in [1.29, 1.82) is 0 Å². The van der Waals surface area contributed by atoms with Gasteiger partial charge in [0.05, 0.1) is 32.3 Å². The Labute approximate surface area is 156 Å². The Bertz CT molecular complexity index is 1050. The lowest BCUT2D eigenvalue weighted by Gasteiger charge is -2.12. The van der Waals surface area contributed by atoms with E-state index in [9.17, 15) is 0 Å². The first-order chi connectivity index (χ1) is 12.2. The Balaban J connectivity index is 1.72. The van der Waals surface area contributed by atoms with Crippen LogP contribution in [-0.4, -0.2) is 28.3 Å². The summed E-state index contributed by atoms with van der Waals surface area (Å²) in [6.07, 6.45) is 1.76. The maximum Gasteiger partial charge on any atom is 0.135 e. The van der Waals surface area contributed by atoms with Gasteiger partial charge in [0.25, 0.3) is 0 Å². The van der Waals surface area contributed by atoms with E-state index < -0.39 is 0 Å². The second kappa shape index (κ2) is 6.95. The number of ether oxygens (including phenoxy) is 1. The molecule has 25 heavy (non-hydrogen) atoms. The van der Waals surface area contributed by atoms with Crippen LogP contribution in [0.5, 0.6) is 5.75 Å². The van der Waals surface area contributed by atoms with Crippen molar-refractivity contribution in [3.05, 3.63) is 52.6 Å². The molecule has 0 aliphatic heterocycles. The number of halogens is 1. The zero-order valence-electron chi connectivity index (χ0n) is 13.1. The summed E-state index contributed by atoms with van der Waals surface area (Å²) < 4.78 is 7.51. The number of hydrogen-bond acceptors (Lipinski definition) is 6. The molecule has 0 unspecified atom stereocenters. The summed E-state index contributed by atoms with van der Waals surface area (Å²) in [5, 5.41) is 13.3. The molecular formula is C18H14BrN3O2S. The van der Waals surface area contributed by atoms with Crippen molar-refractivity contribution >= 4 is 59.8 Å². The molecule has 2 aromatic carbocycles. The zero-order valence-corrected chi connectivity index (χ0v) is 15.5. The van der Waals surface area contributed by atoms with Gasteiger partial charge in [0, 0.05) is 29.0 Å². The van der Waals surface area contributed by atoms with Gasteiger partial charge in [0.15, 0.2) is 0 Å². The monoisotopic (exact) mass is 415 g/mol. The maximum atomic E-state index is 8.93. The zero-order chi connectivity index (χ0) is 17.2. The first kappa shape index (κ1) is 16.3. The fraction of sp³-hybridized carbons (Fsp3) is 0.111. The van der Waals surface area contributed by atoms with E-state index in [0.29, 0.717) is 5.75 Å². The van der Waals surface area contributed by atoms with Gasteiger partial charge in [-0.15, -0.1) is 11.3 Å². The molecule has 126 valence electrons. The van der Waals surface area contributed by atoms with Gasteiger partial charge in [-0.25, -0.2) is 4.98 Å². The lowest BCUT2D eigenvalue weighted by molar-refractivity contribution is 0.201. The predicted octanol–water partition coefficient (Wildman–Crippen LogP) is 4.72. The molecule has 0 bridgehead atoms. The second-order valence-corrected chi connectivity index (χ2v) is 7.13. The summed E-state index contributed by atoms with van der Waals surface area (Å²) >= 11 is 5.15. The number of aliphatic hydroxyl groups excluding tert-OH is 1. The van der Waals surface area contributed by atoms with Gasteiger partial charge in [-0.05, 0) is 46.3 Å². The van der Waals surface area contributed by atoms with Crippen LogP contribution < -0.4 is 10.1 Å². The SMILES string of the molecule is OCCOc1cc2nccc(Nc3ccc4scnc4c3)c2cc1Br. The molecule has 2 aromatic heterocycles. The van der Waals surface area contributed by atoms with Crippen molar-refractivity contribution in [3.63, 3.8) is 0 Å². The highest BCUT2D eigenvalue weighted by Crippen LogP contribution is 2.34. The largest absolute Gasteiger partial charge is 0.490 e. The smallest absolute Gasteiger partial charge is 0.135 e. The normalized spacial score (nSPS) is 11.1. The summed E-state index contributed by atoms with van der Waals surface area (Å²) in [4.78, 5) is 8.78. The number of thiazole rings is 1. The van der Waals surface area contributed by atoms with Crippen molar-refractivity contribution in [2.45, 2.75) is 0 Å². The Morgan fingerprint density at radius 2 is 2.04 bits per heavy atom. The molecular weight excluding hydrogens is 402 g/mol. The third-order valence-electron chi connectivity index (χ3n) is 3.75. The van der Waals surface area contributed by atoms with Crippen LogP contribution in [0.25, 0.3) is 21.1 Å². The molecule has 0 aliphatic rings. The van der Waals surface area contributed by atoms with Gasteiger partial charge >= 0.3 is 0 Å². The number of rotatable bonds is 5. The van der Waals surface area contributed by atoms with E-state index in [1.165, 1.54) is 4.70 Å².